The van der Waals surface area contributed by atoms with E-state index in [0.717, 1.165) is 29.0 Å². The van der Waals surface area contributed by atoms with E-state index in [0.29, 0.717) is 50.8 Å². The summed E-state index contributed by atoms with van der Waals surface area (Å²) >= 11 is 0. The van der Waals surface area contributed by atoms with E-state index >= 15 is 0 Å². The number of halogens is 6. The number of benzene rings is 2. The van der Waals surface area contributed by atoms with E-state index in [-0.39, 0.29) is 65.5 Å². The maximum atomic E-state index is 13.5. The number of alkyl halides is 6. The van der Waals surface area contributed by atoms with Gasteiger partial charge in [0.25, 0.3) is 20.0 Å². The van der Waals surface area contributed by atoms with Gasteiger partial charge >= 0.3 is 18.0 Å². The molecule has 0 aliphatic carbocycles. The lowest BCUT2D eigenvalue weighted by atomic mass is 10.00. The summed E-state index contributed by atoms with van der Waals surface area (Å²) in [6.07, 6.45) is -0.712. The Balaban J connectivity index is 0.000000257. The van der Waals surface area contributed by atoms with Crippen molar-refractivity contribution in [3.05, 3.63) is 165 Å². The molecule has 0 aliphatic rings. The predicted octanol–water partition coefficient (Wildman–Crippen LogP) is 10.3. The van der Waals surface area contributed by atoms with Gasteiger partial charge in [-0.2, -0.15) is 26.3 Å². The van der Waals surface area contributed by atoms with Crippen molar-refractivity contribution >= 4 is 65.1 Å². The summed E-state index contributed by atoms with van der Waals surface area (Å²) in [4.78, 5) is 44.0. The number of fused-ring (bicyclic) bond motifs is 2. The van der Waals surface area contributed by atoms with Gasteiger partial charge in [-0.25, -0.2) is 26.8 Å². The molecule has 374 valence electrons. The molecule has 0 saturated carbocycles. The van der Waals surface area contributed by atoms with Gasteiger partial charge in [0.05, 0.1) is 43.9 Å². The minimum absolute atomic E-state index is 0. The van der Waals surface area contributed by atoms with Crippen LogP contribution in [0.25, 0.3) is 22.1 Å². The van der Waals surface area contributed by atoms with Crippen molar-refractivity contribution in [2.75, 3.05) is 9.44 Å². The second-order valence-corrected chi connectivity index (χ2v) is 19.3. The zero-order valence-corrected chi connectivity index (χ0v) is 38.6. The molecule has 2 aromatic carbocycles. The fourth-order valence-electron chi connectivity index (χ4n) is 7.43. The average molecular weight is 1030 g/mol. The Labute approximate surface area is 404 Å². The van der Waals surface area contributed by atoms with Crippen molar-refractivity contribution in [2.45, 2.75) is 78.5 Å². The molecule has 0 fully saturated rings. The molecule has 0 spiro atoms. The van der Waals surface area contributed by atoms with Gasteiger partial charge in [-0.1, -0.05) is 31.7 Å². The van der Waals surface area contributed by atoms with E-state index in [1.165, 1.54) is 57.0 Å². The van der Waals surface area contributed by atoms with Gasteiger partial charge in [0.15, 0.2) is 0 Å². The lowest BCUT2D eigenvalue weighted by Crippen LogP contribution is -2.32. The molecule has 0 saturated heterocycles. The molecular weight excluding hydrogens is 979 g/mol. The summed E-state index contributed by atoms with van der Waals surface area (Å²) in [5, 5.41) is 11.0. The van der Waals surface area contributed by atoms with Crippen LogP contribution in [0.3, 0.4) is 0 Å². The molecule has 0 radical (unpaired) electrons. The van der Waals surface area contributed by atoms with E-state index < -0.39 is 64.9 Å². The predicted molar refractivity (Wildman–Crippen MR) is 253 cm³/mol. The number of aryl methyl sites for hydroxylation is 6. The first-order valence-electron chi connectivity index (χ1n) is 20.3. The summed E-state index contributed by atoms with van der Waals surface area (Å²) in [7, 11) is -8.98. The lowest BCUT2D eigenvalue weighted by Gasteiger charge is -2.15. The number of aromatic amines is 2. The number of rotatable bonds is 10. The molecule has 0 bridgehead atoms. The quantitative estimate of drug-likeness (QED) is 0.0377. The molecule has 6 aromatic heterocycles. The number of nitrogens with zero attached hydrogens (tertiary/aromatic N) is 4. The second kappa shape index (κ2) is 20.0. The van der Waals surface area contributed by atoms with Crippen molar-refractivity contribution in [1.29, 1.82) is 0 Å². The van der Waals surface area contributed by atoms with Crippen molar-refractivity contribution in [2.24, 2.45) is 0 Å². The maximum Gasteiger partial charge on any atom is 0.416 e. The highest BCUT2D eigenvalue weighted by Gasteiger charge is 2.36. The molecule has 71 heavy (non-hydrogen) atoms. The fourth-order valence-corrected chi connectivity index (χ4v) is 9.60. The standard InChI is InChI=1S/C23H19F3N4O4S.C23H19F3N4O3S.2CH4/c1-12-8-18(29-35(33,34)15-5-4-13(2)17(9-15)23(24,25)26)20(28-10-12)21(31)19-14(3)11-30(32)22-16(19)6-7-27-22;1-12-8-18(30-34(32,33)15-5-4-13(2)17(9-15)23(24,25)26)20(28-10-12)21(31)19-14(3)11-29-22-16(19)6-7-27-22;;/h4-11,32H,1-3H3,(H,29,31);4-11,30H,1-3H3,(H,27,29);2*1H4/p+1. The van der Waals surface area contributed by atoms with Crippen LogP contribution in [0, 0.1) is 41.5 Å². The molecule has 0 unspecified atom stereocenters. The third-order valence-corrected chi connectivity index (χ3v) is 13.5. The molecule has 0 amide bonds. The highest BCUT2D eigenvalue weighted by molar-refractivity contribution is 7.93. The van der Waals surface area contributed by atoms with E-state index in [4.69, 9.17) is 0 Å². The first-order chi connectivity index (χ1) is 32.2. The number of hydrogen-bond donors (Lipinski definition) is 5. The minimum Gasteiger partial charge on any atom is -0.350 e. The van der Waals surface area contributed by atoms with Gasteiger partial charge in [-0.3, -0.25) is 29.0 Å². The number of nitrogens with one attached hydrogen (secondary N) is 4. The molecular formula is C48H47F6N8O7S2+. The number of aromatic nitrogens is 6. The number of carbonyl (C=O) groups is 2. The summed E-state index contributed by atoms with van der Waals surface area (Å²) in [5.41, 5.74) is 0.0778. The normalized spacial score (nSPS) is 11.8. The molecule has 23 heteroatoms. The van der Waals surface area contributed by atoms with Crippen LogP contribution >= 0.6 is 0 Å². The van der Waals surface area contributed by atoms with Crippen LogP contribution in [0.1, 0.15) is 91.5 Å². The first kappa shape index (κ1) is 54.3. The molecule has 15 nitrogen and oxygen atoms in total. The third-order valence-electron chi connectivity index (χ3n) is 10.8. The number of anilines is 2. The molecule has 0 aliphatic heterocycles. The largest absolute Gasteiger partial charge is 0.416 e. The van der Waals surface area contributed by atoms with E-state index in [1.54, 1.807) is 46.0 Å². The van der Waals surface area contributed by atoms with Crippen LogP contribution < -0.4 is 14.2 Å². The minimum atomic E-state index is -4.74. The molecule has 5 N–H and O–H groups in total. The van der Waals surface area contributed by atoms with Crippen molar-refractivity contribution in [3.8, 4) is 0 Å². The Morgan fingerprint density at radius 3 is 1.48 bits per heavy atom. The molecule has 0 atom stereocenters. The Morgan fingerprint density at radius 1 is 0.577 bits per heavy atom. The van der Waals surface area contributed by atoms with Gasteiger partial charge in [-0.15, -0.1) is 0 Å². The Bertz CT molecular complexity index is 3610. The lowest BCUT2D eigenvalue weighted by molar-refractivity contribution is -0.886. The highest BCUT2D eigenvalue weighted by Crippen LogP contribution is 2.36. The number of H-pyrrole nitrogens is 2. The van der Waals surface area contributed by atoms with Crippen molar-refractivity contribution in [1.82, 2.24) is 24.9 Å². The van der Waals surface area contributed by atoms with Gasteiger partial charge in [0.1, 0.15) is 23.2 Å². The zero-order chi connectivity index (χ0) is 50.5. The van der Waals surface area contributed by atoms with E-state index in [1.807, 2.05) is 0 Å². The Hall–Kier alpha value is -7.66. The van der Waals surface area contributed by atoms with Gasteiger partial charge in [0.2, 0.25) is 11.6 Å². The van der Waals surface area contributed by atoms with Crippen LogP contribution in [0.5, 0.6) is 0 Å². The van der Waals surface area contributed by atoms with Crippen LogP contribution in [0.2, 0.25) is 0 Å². The fraction of sp³-hybridized carbons (Fsp3) is 0.208. The van der Waals surface area contributed by atoms with Gasteiger partial charge < -0.3 is 10.2 Å². The maximum absolute atomic E-state index is 13.5. The summed E-state index contributed by atoms with van der Waals surface area (Å²) in [6, 6.07) is 11.4. The van der Waals surface area contributed by atoms with E-state index in [9.17, 15) is 58.0 Å². The molecule has 8 rings (SSSR count). The monoisotopic (exact) mass is 1030 g/mol. The summed E-state index contributed by atoms with van der Waals surface area (Å²) in [6.45, 7) is 9.03. The van der Waals surface area contributed by atoms with Crippen LogP contribution in [0.4, 0.5) is 37.7 Å². The Morgan fingerprint density at radius 2 is 1.01 bits per heavy atom. The number of hydrogen-bond acceptors (Lipinski definition) is 10. The number of sulfonamides is 2. The number of ketones is 2. The van der Waals surface area contributed by atoms with Gasteiger partial charge in [0, 0.05) is 46.9 Å². The van der Waals surface area contributed by atoms with Crippen molar-refractivity contribution < 1.29 is 62.7 Å². The Kier molecular flexibility index (Phi) is 15.3. The van der Waals surface area contributed by atoms with Crippen molar-refractivity contribution in [3.63, 3.8) is 0 Å². The van der Waals surface area contributed by atoms with E-state index in [2.05, 4.69) is 34.4 Å². The summed E-state index contributed by atoms with van der Waals surface area (Å²) in [5.74, 6) is -1.19. The average Bonchev–Trinajstić information content (AvgIpc) is 3.94. The summed E-state index contributed by atoms with van der Waals surface area (Å²) < 4.78 is 137. The highest BCUT2D eigenvalue weighted by atomic mass is 32.2. The number of carbonyl (C=O) groups excluding carboxylic acids is 2. The second-order valence-electron chi connectivity index (χ2n) is 16.0. The van der Waals surface area contributed by atoms with Gasteiger partial charge in [-0.05, 0) is 118 Å². The molecule has 8 aromatic rings. The first-order valence-corrected chi connectivity index (χ1v) is 23.2. The third kappa shape index (κ3) is 11.0. The topological polar surface area (TPSA) is 221 Å². The van der Waals surface area contributed by atoms with Crippen LogP contribution in [-0.2, 0) is 32.4 Å². The SMILES string of the molecule is C.C.Cc1cnc(C(=O)c2c(C)c[n+](O)c3[nH]ccc23)c(NS(=O)(=O)c2ccc(C)c(C(F)(F)F)c2)c1.Cc1cnc(C(=O)c2c(C)cnc3[nH]ccc23)c(NS(=O)(=O)c2ccc(C)c(C(F)(F)F)c2)c1. The number of pyridine rings is 4. The van der Waals surface area contributed by atoms with Crippen LogP contribution in [-0.4, -0.2) is 58.5 Å². The zero-order valence-electron chi connectivity index (χ0n) is 37.0. The smallest absolute Gasteiger partial charge is 0.350 e. The molecule has 6 heterocycles. The van der Waals surface area contributed by atoms with Crippen LogP contribution in [0.15, 0.2) is 108 Å².